The molecule has 0 atom stereocenters. The lowest BCUT2D eigenvalue weighted by Gasteiger charge is -2.24. The van der Waals surface area contributed by atoms with Gasteiger partial charge in [0.1, 0.15) is 17.3 Å². The minimum absolute atomic E-state index is 0.306. The second-order valence-corrected chi connectivity index (χ2v) is 4.73. The standard InChI is InChI=1S/C14H15Cl2N3/c1-2-19(9-11-6-4-3-5-7-11)14-12(8-15)13(16)17-10-18-14/h3-7,10H,2,8-9H2,1H3. The van der Waals surface area contributed by atoms with Crippen LogP contribution in [0.4, 0.5) is 5.82 Å². The molecule has 0 fully saturated rings. The van der Waals surface area contributed by atoms with E-state index in [4.69, 9.17) is 23.2 Å². The Hall–Kier alpha value is -1.32. The third-order valence-electron chi connectivity index (χ3n) is 2.90. The summed E-state index contributed by atoms with van der Waals surface area (Å²) in [5.41, 5.74) is 2.00. The maximum absolute atomic E-state index is 6.07. The summed E-state index contributed by atoms with van der Waals surface area (Å²) in [5, 5.41) is 0.423. The van der Waals surface area contributed by atoms with Crippen LogP contribution in [0.25, 0.3) is 0 Å². The Morgan fingerprint density at radius 3 is 2.53 bits per heavy atom. The molecule has 0 amide bonds. The number of halogens is 2. The fourth-order valence-electron chi connectivity index (χ4n) is 1.91. The van der Waals surface area contributed by atoms with Crippen molar-refractivity contribution in [1.82, 2.24) is 9.97 Å². The van der Waals surface area contributed by atoms with Gasteiger partial charge >= 0.3 is 0 Å². The van der Waals surface area contributed by atoms with Crippen molar-refractivity contribution in [1.29, 1.82) is 0 Å². The molecule has 0 saturated carbocycles. The van der Waals surface area contributed by atoms with E-state index in [-0.39, 0.29) is 0 Å². The van der Waals surface area contributed by atoms with Crippen molar-refractivity contribution >= 4 is 29.0 Å². The van der Waals surface area contributed by atoms with E-state index in [1.165, 1.54) is 11.9 Å². The summed E-state index contributed by atoms with van der Waals surface area (Å²) in [6.45, 7) is 3.68. The van der Waals surface area contributed by atoms with Gasteiger partial charge in [-0.1, -0.05) is 41.9 Å². The zero-order valence-electron chi connectivity index (χ0n) is 10.7. The zero-order valence-corrected chi connectivity index (χ0v) is 12.2. The van der Waals surface area contributed by atoms with E-state index in [0.29, 0.717) is 11.0 Å². The molecule has 0 aliphatic carbocycles. The maximum Gasteiger partial charge on any atom is 0.138 e. The van der Waals surface area contributed by atoms with Gasteiger partial charge in [-0.3, -0.25) is 0 Å². The van der Waals surface area contributed by atoms with E-state index in [1.807, 2.05) is 18.2 Å². The van der Waals surface area contributed by atoms with Gasteiger partial charge in [-0.05, 0) is 12.5 Å². The minimum atomic E-state index is 0.306. The topological polar surface area (TPSA) is 29.0 Å². The molecule has 1 heterocycles. The van der Waals surface area contributed by atoms with Crippen molar-refractivity contribution in [2.24, 2.45) is 0 Å². The monoisotopic (exact) mass is 295 g/mol. The Bertz CT molecular complexity index is 531. The van der Waals surface area contributed by atoms with Crippen LogP contribution in [0.5, 0.6) is 0 Å². The smallest absolute Gasteiger partial charge is 0.138 e. The zero-order chi connectivity index (χ0) is 13.7. The van der Waals surface area contributed by atoms with Crippen LogP contribution in [0.1, 0.15) is 18.1 Å². The van der Waals surface area contributed by atoms with E-state index in [9.17, 15) is 0 Å². The van der Waals surface area contributed by atoms with Gasteiger partial charge in [0, 0.05) is 18.7 Å². The average molecular weight is 296 g/mol. The van der Waals surface area contributed by atoms with E-state index < -0.39 is 0 Å². The van der Waals surface area contributed by atoms with Crippen molar-refractivity contribution in [2.45, 2.75) is 19.3 Å². The Morgan fingerprint density at radius 1 is 1.16 bits per heavy atom. The fourth-order valence-corrected chi connectivity index (χ4v) is 2.42. The molecule has 0 radical (unpaired) electrons. The molecule has 2 rings (SSSR count). The number of nitrogens with zero attached hydrogens (tertiary/aromatic N) is 3. The molecule has 1 aromatic carbocycles. The maximum atomic E-state index is 6.07. The predicted octanol–water partition coefficient (Wildman–Crippen LogP) is 3.90. The highest BCUT2D eigenvalue weighted by molar-refractivity contribution is 6.31. The molecule has 2 aromatic rings. The number of aromatic nitrogens is 2. The molecule has 0 bridgehead atoms. The molecule has 0 aliphatic heterocycles. The summed E-state index contributed by atoms with van der Waals surface area (Å²) in [7, 11) is 0. The lowest BCUT2D eigenvalue weighted by molar-refractivity contribution is 0.803. The normalized spacial score (nSPS) is 10.5. The van der Waals surface area contributed by atoms with Crippen molar-refractivity contribution in [3.63, 3.8) is 0 Å². The Labute approximate surface area is 123 Å². The van der Waals surface area contributed by atoms with Gasteiger partial charge in [0.25, 0.3) is 0 Å². The first-order valence-electron chi connectivity index (χ1n) is 6.10. The summed E-state index contributed by atoms with van der Waals surface area (Å²) in [4.78, 5) is 10.4. The van der Waals surface area contributed by atoms with Gasteiger partial charge < -0.3 is 4.90 Å². The molecule has 0 N–H and O–H groups in total. The lowest BCUT2D eigenvalue weighted by atomic mass is 10.2. The molecule has 19 heavy (non-hydrogen) atoms. The largest absolute Gasteiger partial charge is 0.352 e. The van der Waals surface area contributed by atoms with Crippen LogP contribution in [0, 0.1) is 0 Å². The number of alkyl halides is 1. The average Bonchev–Trinajstić information content (AvgIpc) is 2.45. The van der Waals surface area contributed by atoms with Gasteiger partial charge in [-0.15, -0.1) is 11.6 Å². The first-order valence-corrected chi connectivity index (χ1v) is 7.01. The van der Waals surface area contributed by atoms with Crippen LogP contribution >= 0.6 is 23.2 Å². The van der Waals surface area contributed by atoms with Crippen molar-refractivity contribution < 1.29 is 0 Å². The van der Waals surface area contributed by atoms with Gasteiger partial charge in [0.15, 0.2) is 0 Å². The third kappa shape index (κ3) is 3.37. The Morgan fingerprint density at radius 2 is 1.89 bits per heavy atom. The molecule has 0 aliphatic rings. The fraction of sp³-hybridized carbons (Fsp3) is 0.286. The SMILES string of the molecule is CCN(Cc1ccccc1)c1ncnc(Cl)c1CCl. The highest BCUT2D eigenvalue weighted by atomic mass is 35.5. The van der Waals surface area contributed by atoms with Crippen LogP contribution in [-0.2, 0) is 12.4 Å². The highest BCUT2D eigenvalue weighted by Gasteiger charge is 2.14. The summed E-state index contributed by atoms with van der Waals surface area (Å²) < 4.78 is 0. The lowest BCUT2D eigenvalue weighted by Crippen LogP contribution is -2.24. The Balaban J connectivity index is 2.30. The van der Waals surface area contributed by atoms with Crippen LogP contribution < -0.4 is 4.90 Å². The van der Waals surface area contributed by atoms with Crippen LogP contribution in [0.2, 0.25) is 5.15 Å². The van der Waals surface area contributed by atoms with Gasteiger partial charge in [0.05, 0.1) is 5.88 Å². The van der Waals surface area contributed by atoms with Gasteiger partial charge in [-0.2, -0.15) is 0 Å². The van der Waals surface area contributed by atoms with E-state index >= 15 is 0 Å². The molecule has 3 nitrogen and oxygen atoms in total. The molecule has 0 saturated heterocycles. The summed E-state index contributed by atoms with van der Waals surface area (Å²) in [6, 6.07) is 10.2. The highest BCUT2D eigenvalue weighted by Crippen LogP contribution is 2.26. The second-order valence-electron chi connectivity index (χ2n) is 4.10. The number of benzene rings is 1. The van der Waals surface area contributed by atoms with E-state index in [0.717, 1.165) is 24.5 Å². The molecular weight excluding hydrogens is 281 g/mol. The number of hydrogen-bond donors (Lipinski definition) is 0. The number of anilines is 1. The minimum Gasteiger partial charge on any atom is -0.352 e. The number of rotatable bonds is 5. The molecule has 100 valence electrons. The molecule has 0 unspecified atom stereocenters. The molecule has 5 heteroatoms. The molecule has 1 aromatic heterocycles. The van der Waals surface area contributed by atoms with Gasteiger partial charge in [0.2, 0.25) is 0 Å². The summed E-state index contributed by atoms with van der Waals surface area (Å²) in [5.74, 6) is 1.11. The van der Waals surface area contributed by atoms with Crippen molar-refractivity contribution in [3.8, 4) is 0 Å². The van der Waals surface area contributed by atoms with Crippen LogP contribution in [-0.4, -0.2) is 16.5 Å². The first-order chi connectivity index (χ1) is 9.26. The summed E-state index contributed by atoms with van der Waals surface area (Å²) in [6.07, 6.45) is 1.47. The molecule has 0 spiro atoms. The third-order valence-corrected chi connectivity index (χ3v) is 3.49. The van der Waals surface area contributed by atoms with Crippen LogP contribution in [0.15, 0.2) is 36.7 Å². The quantitative estimate of drug-likeness (QED) is 0.619. The second kappa shape index (κ2) is 6.73. The van der Waals surface area contributed by atoms with Gasteiger partial charge in [-0.25, -0.2) is 9.97 Å². The van der Waals surface area contributed by atoms with Crippen LogP contribution in [0.3, 0.4) is 0 Å². The van der Waals surface area contributed by atoms with Crippen molar-refractivity contribution in [3.05, 3.63) is 52.9 Å². The van der Waals surface area contributed by atoms with E-state index in [2.05, 4.69) is 33.9 Å². The molecular formula is C14H15Cl2N3. The first kappa shape index (κ1) is 14.1. The van der Waals surface area contributed by atoms with Crippen molar-refractivity contribution in [2.75, 3.05) is 11.4 Å². The van der Waals surface area contributed by atoms with E-state index in [1.54, 1.807) is 0 Å². The predicted molar refractivity (Wildman–Crippen MR) is 79.8 cm³/mol. The summed E-state index contributed by atoms with van der Waals surface area (Å²) >= 11 is 12.0. The Kier molecular flexibility index (Phi) is 5.00. The number of hydrogen-bond acceptors (Lipinski definition) is 3.